The Morgan fingerprint density at radius 1 is 1.14 bits per heavy atom. The van der Waals surface area contributed by atoms with Gasteiger partial charge in [-0.3, -0.25) is 4.79 Å². The average Bonchev–Trinajstić information content (AvgIpc) is 2.62. The first-order valence-electron chi connectivity index (χ1n) is 8.02. The molecule has 1 atom stereocenters. The molecule has 0 spiro atoms. The molecule has 2 aromatic carbocycles. The van der Waals surface area contributed by atoms with Crippen LogP contribution < -0.4 is 10.1 Å². The summed E-state index contributed by atoms with van der Waals surface area (Å²) in [6.45, 7) is 1.61. The lowest BCUT2D eigenvalue weighted by Gasteiger charge is -2.23. The zero-order valence-corrected chi connectivity index (χ0v) is 15.5. The van der Waals surface area contributed by atoms with E-state index in [1.54, 1.807) is 24.3 Å². The minimum Gasteiger partial charge on any atom is -0.406 e. The van der Waals surface area contributed by atoms with Crippen molar-refractivity contribution in [2.75, 3.05) is 6.61 Å². The van der Waals surface area contributed by atoms with E-state index in [4.69, 9.17) is 16.3 Å². The number of alkyl halides is 3. The van der Waals surface area contributed by atoms with Crippen molar-refractivity contribution < 1.29 is 27.4 Å². The van der Waals surface area contributed by atoms with Crippen LogP contribution in [0.1, 0.15) is 22.8 Å². The summed E-state index contributed by atoms with van der Waals surface area (Å²) in [7, 11) is 0. The average molecular weight is 413 g/mol. The summed E-state index contributed by atoms with van der Waals surface area (Å²) in [6, 6.07) is 13.3. The smallest absolute Gasteiger partial charge is 0.406 e. The lowest BCUT2D eigenvalue weighted by Crippen LogP contribution is -2.48. The minimum atomic E-state index is -4.81. The van der Waals surface area contributed by atoms with Gasteiger partial charge < -0.3 is 14.8 Å². The van der Waals surface area contributed by atoms with Crippen molar-refractivity contribution in [1.82, 2.24) is 5.32 Å². The number of nitrogens with zero attached hydrogens (tertiary/aromatic N) is 1. The van der Waals surface area contributed by atoms with Crippen molar-refractivity contribution in [1.29, 1.82) is 5.26 Å². The molecule has 1 unspecified atom stereocenters. The first kappa shape index (κ1) is 21.5. The first-order chi connectivity index (χ1) is 13.1. The maximum atomic E-state index is 12.3. The van der Waals surface area contributed by atoms with Crippen molar-refractivity contribution in [3.05, 3.63) is 64.7 Å². The summed E-state index contributed by atoms with van der Waals surface area (Å²) in [5.74, 6) is -1.07. The van der Waals surface area contributed by atoms with E-state index in [-0.39, 0.29) is 18.8 Å². The van der Waals surface area contributed by atoms with E-state index in [2.05, 4.69) is 10.1 Å². The van der Waals surface area contributed by atoms with Crippen LogP contribution in [0.3, 0.4) is 0 Å². The van der Waals surface area contributed by atoms with Crippen LogP contribution in [0.4, 0.5) is 13.2 Å². The number of carbonyl (C=O) groups is 1. The molecule has 0 aliphatic carbocycles. The normalized spacial score (nSPS) is 13.3. The van der Waals surface area contributed by atoms with Crippen LogP contribution in [0.2, 0.25) is 5.02 Å². The highest BCUT2D eigenvalue weighted by molar-refractivity contribution is 6.30. The number of halogens is 4. The Balaban J connectivity index is 1.93. The van der Waals surface area contributed by atoms with Gasteiger partial charge in [0.25, 0.3) is 5.91 Å². The van der Waals surface area contributed by atoms with Crippen LogP contribution >= 0.6 is 11.6 Å². The molecule has 0 fully saturated rings. The van der Waals surface area contributed by atoms with Crippen LogP contribution in [-0.4, -0.2) is 24.4 Å². The molecule has 0 bridgehead atoms. The number of nitriles is 1. The van der Waals surface area contributed by atoms with Crippen molar-refractivity contribution in [3.63, 3.8) is 0 Å². The molecule has 0 aromatic heterocycles. The topological polar surface area (TPSA) is 71.3 Å². The van der Waals surface area contributed by atoms with Gasteiger partial charge in [0, 0.05) is 10.6 Å². The van der Waals surface area contributed by atoms with Gasteiger partial charge in [0.1, 0.15) is 11.3 Å². The molecule has 5 nitrogen and oxygen atoms in total. The predicted molar refractivity (Wildman–Crippen MR) is 95.7 cm³/mol. The molecule has 1 amide bonds. The third-order valence-electron chi connectivity index (χ3n) is 3.56. The van der Waals surface area contributed by atoms with Crippen LogP contribution in [0.5, 0.6) is 5.75 Å². The summed E-state index contributed by atoms with van der Waals surface area (Å²) in [6.07, 6.45) is -4.81. The molecule has 0 saturated carbocycles. The number of ether oxygens (including phenoxy) is 2. The van der Waals surface area contributed by atoms with E-state index >= 15 is 0 Å². The zero-order chi connectivity index (χ0) is 20.8. The molecule has 0 saturated heterocycles. The number of amides is 1. The lowest BCUT2D eigenvalue weighted by molar-refractivity contribution is -0.274. The number of rotatable bonds is 7. The van der Waals surface area contributed by atoms with Gasteiger partial charge in [0.05, 0.1) is 19.3 Å². The van der Waals surface area contributed by atoms with Gasteiger partial charge in [-0.05, 0) is 48.9 Å². The van der Waals surface area contributed by atoms with Gasteiger partial charge in [-0.25, -0.2) is 0 Å². The maximum Gasteiger partial charge on any atom is 0.573 e. The first-order valence-corrected chi connectivity index (χ1v) is 8.40. The highest BCUT2D eigenvalue weighted by atomic mass is 35.5. The van der Waals surface area contributed by atoms with Crippen molar-refractivity contribution in [3.8, 4) is 11.8 Å². The Morgan fingerprint density at radius 2 is 1.75 bits per heavy atom. The van der Waals surface area contributed by atoms with Crippen LogP contribution in [0.25, 0.3) is 0 Å². The van der Waals surface area contributed by atoms with E-state index in [0.717, 1.165) is 17.7 Å². The van der Waals surface area contributed by atoms with Crippen LogP contribution in [0.15, 0.2) is 48.5 Å². The Labute approximate surface area is 164 Å². The molecule has 2 rings (SSSR count). The van der Waals surface area contributed by atoms with E-state index < -0.39 is 23.6 Å². The summed E-state index contributed by atoms with van der Waals surface area (Å²) in [5.41, 5.74) is -0.407. The Bertz CT molecular complexity index is 849. The van der Waals surface area contributed by atoms with E-state index in [1.807, 2.05) is 6.07 Å². The number of benzene rings is 2. The Kier molecular flexibility index (Phi) is 6.89. The van der Waals surface area contributed by atoms with Crippen LogP contribution in [0, 0.1) is 11.3 Å². The van der Waals surface area contributed by atoms with Crippen molar-refractivity contribution >= 4 is 17.5 Å². The fourth-order valence-electron chi connectivity index (χ4n) is 2.18. The van der Waals surface area contributed by atoms with Crippen molar-refractivity contribution in [2.24, 2.45) is 0 Å². The van der Waals surface area contributed by atoms with Crippen LogP contribution in [-0.2, 0) is 11.3 Å². The molecule has 0 aliphatic rings. The third kappa shape index (κ3) is 6.76. The van der Waals surface area contributed by atoms with Gasteiger partial charge in [-0.1, -0.05) is 23.7 Å². The third-order valence-corrected chi connectivity index (χ3v) is 3.81. The maximum absolute atomic E-state index is 12.3. The molecular weight excluding hydrogens is 397 g/mol. The second-order valence-corrected chi connectivity index (χ2v) is 6.53. The largest absolute Gasteiger partial charge is 0.573 e. The fraction of sp³-hybridized carbons (Fsp3) is 0.263. The highest BCUT2D eigenvalue weighted by Gasteiger charge is 2.31. The number of nitrogens with one attached hydrogen (secondary N) is 1. The van der Waals surface area contributed by atoms with Crippen molar-refractivity contribution in [2.45, 2.75) is 25.4 Å². The van der Waals surface area contributed by atoms with E-state index in [9.17, 15) is 23.2 Å². The second-order valence-electron chi connectivity index (χ2n) is 6.09. The summed E-state index contributed by atoms with van der Waals surface area (Å²) >= 11 is 5.80. The second kappa shape index (κ2) is 8.95. The Hall–Kier alpha value is -2.76. The number of carbonyl (C=O) groups excluding carboxylic acids is 1. The minimum absolute atomic E-state index is 0.0775. The lowest BCUT2D eigenvalue weighted by atomic mass is 10.1. The summed E-state index contributed by atoms with van der Waals surface area (Å²) in [5, 5.41) is 12.5. The number of hydrogen-bond acceptors (Lipinski definition) is 4. The summed E-state index contributed by atoms with van der Waals surface area (Å²) < 4.78 is 45.8. The SMILES string of the molecule is CC(C#N)(COCc1ccc(Cl)cc1)NC(=O)c1ccc(OC(F)(F)F)cc1. The number of hydrogen-bond donors (Lipinski definition) is 1. The molecule has 28 heavy (non-hydrogen) atoms. The Morgan fingerprint density at radius 3 is 2.29 bits per heavy atom. The fourth-order valence-corrected chi connectivity index (χ4v) is 2.31. The standard InChI is InChI=1S/C19H16ClF3N2O3/c1-18(11-24,12-27-10-13-2-6-15(20)7-3-13)25-17(26)14-4-8-16(9-5-14)28-19(21,22)23/h2-9H,10,12H2,1H3,(H,25,26). The highest BCUT2D eigenvalue weighted by Crippen LogP contribution is 2.23. The van der Waals surface area contributed by atoms with E-state index in [0.29, 0.717) is 5.02 Å². The molecule has 0 heterocycles. The van der Waals surface area contributed by atoms with Gasteiger partial charge in [0.2, 0.25) is 0 Å². The zero-order valence-electron chi connectivity index (χ0n) is 14.7. The monoisotopic (exact) mass is 412 g/mol. The predicted octanol–water partition coefficient (Wildman–Crippen LogP) is 4.47. The van der Waals surface area contributed by atoms with E-state index in [1.165, 1.54) is 19.1 Å². The molecule has 0 radical (unpaired) electrons. The molecule has 9 heteroatoms. The molecule has 1 N–H and O–H groups in total. The molecule has 2 aromatic rings. The summed E-state index contributed by atoms with van der Waals surface area (Å²) in [4.78, 5) is 12.3. The van der Waals surface area contributed by atoms with Gasteiger partial charge in [0.15, 0.2) is 0 Å². The quantitative estimate of drug-likeness (QED) is 0.728. The molecule has 148 valence electrons. The van der Waals surface area contributed by atoms with Gasteiger partial charge in [-0.2, -0.15) is 5.26 Å². The van der Waals surface area contributed by atoms with Gasteiger partial charge >= 0.3 is 6.36 Å². The molecular formula is C19H16ClF3N2O3. The van der Waals surface area contributed by atoms with Gasteiger partial charge in [-0.15, -0.1) is 13.2 Å². The molecule has 0 aliphatic heterocycles.